The van der Waals surface area contributed by atoms with Gasteiger partial charge in [0.2, 0.25) is 0 Å². The van der Waals surface area contributed by atoms with Crippen LogP contribution in [0.1, 0.15) is 31.4 Å². The number of piperidine rings is 3. The van der Waals surface area contributed by atoms with Gasteiger partial charge < -0.3 is 9.47 Å². The summed E-state index contributed by atoms with van der Waals surface area (Å²) in [5.74, 6) is 1.78. The van der Waals surface area contributed by atoms with Gasteiger partial charge in [0.15, 0.2) is 0 Å². The number of methoxy groups -OCH3 is 1. The summed E-state index contributed by atoms with van der Waals surface area (Å²) in [6, 6.07) is 8.03. The number of hydrogen-bond acceptors (Lipinski definition) is 5. The number of esters is 1. The van der Waals surface area contributed by atoms with E-state index in [0.29, 0.717) is 16.7 Å². The third-order valence-corrected chi connectivity index (χ3v) is 8.96. The van der Waals surface area contributed by atoms with Crippen molar-refractivity contribution in [1.29, 1.82) is 0 Å². The lowest BCUT2D eigenvalue weighted by Crippen LogP contribution is -2.57. The maximum absolute atomic E-state index is 12.1. The van der Waals surface area contributed by atoms with Crippen LogP contribution in [0.3, 0.4) is 0 Å². The minimum atomic E-state index is -0.313. The SMILES string of the molecule is COc1ccc2nccc([C@@H](OC(C)=O)[C@@H]3C[C@@H]4CCN3C[C@@H]4C(Br)CBr)c2c1. The van der Waals surface area contributed by atoms with Gasteiger partial charge >= 0.3 is 5.97 Å². The molecule has 1 aromatic carbocycles. The monoisotopic (exact) mass is 524 g/mol. The number of fused-ring (bicyclic) bond motifs is 4. The van der Waals surface area contributed by atoms with Crippen molar-refractivity contribution in [2.24, 2.45) is 11.8 Å². The van der Waals surface area contributed by atoms with Crippen molar-refractivity contribution in [3.63, 3.8) is 0 Å². The Bertz CT molecular complexity index is 893. The molecule has 3 aliphatic rings. The average Bonchev–Trinajstić information content (AvgIpc) is 2.76. The lowest BCUT2D eigenvalue weighted by molar-refractivity contribution is -0.155. The van der Waals surface area contributed by atoms with Gasteiger partial charge in [0.05, 0.1) is 18.7 Å². The van der Waals surface area contributed by atoms with Gasteiger partial charge in [0, 0.05) is 40.8 Å². The van der Waals surface area contributed by atoms with Crippen LogP contribution in [0, 0.1) is 11.8 Å². The van der Waals surface area contributed by atoms with Crippen molar-refractivity contribution in [2.45, 2.75) is 36.7 Å². The van der Waals surface area contributed by atoms with Gasteiger partial charge in [0.1, 0.15) is 11.9 Å². The number of halogens is 2. The quantitative estimate of drug-likeness (QED) is 0.403. The lowest BCUT2D eigenvalue weighted by Gasteiger charge is -2.52. The van der Waals surface area contributed by atoms with Crippen molar-refractivity contribution in [2.75, 3.05) is 25.5 Å². The largest absolute Gasteiger partial charge is 0.497 e. The first-order chi connectivity index (χ1) is 14.0. The van der Waals surface area contributed by atoms with Gasteiger partial charge in [-0.15, -0.1) is 0 Å². The molecule has 5 rings (SSSR count). The van der Waals surface area contributed by atoms with E-state index in [2.05, 4.69) is 41.7 Å². The van der Waals surface area contributed by atoms with E-state index < -0.39 is 0 Å². The van der Waals surface area contributed by atoms with E-state index in [1.165, 1.54) is 13.3 Å². The maximum atomic E-state index is 12.1. The first kappa shape index (κ1) is 21.1. The number of ether oxygens (including phenoxy) is 2. The number of benzene rings is 1. The average molecular weight is 526 g/mol. The summed E-state index contributed by atoms with van der Waals surface area (Å²) in [4.78, 5) is 19.5. The maximum Gasteiger partial charge on any atom is 0.303 e. The fourth-order valence-electron chi connectivity index (χ4n) is 5.00. The summed E-state index contributed by atoms with van der Waals surface area (Å²) in [5, 5.41) is 1.94. The summed E-state index contributed by atoms with van der Waals surface area (Å²) in [6.45, 7) is 3.58. The van der Waals surface area contributed by atoms with Crippen LogP contribution in [0.25, 0.3) is 10.9 Å². The summed E-state index contributed by atoms with van der Waals surface area (Å²) in [5.41, 5.74) is 1.89. The number of pyridine rings is 1. The van der Waals surface area contributed by atoms with Crippen molar-refractivity contribution >= 4 is 48.7 Å². The van der Waals surface area contributed by atoms with E-state index in [-0.39, 0.29) is 18.1 Å². The zero-order valence-corrected chi connectivity index (χ0v) is 19.9. The molecule has 3 aliphatic heterocycles. The molecule has 0 amide bonds. The van der Waals surface area contributed by atoms with E-state index in [1.54, 1.807) is 13.3 Å². The highest BCUT2D eigenvalue weighted by Gasteiger charge is 2.46. The highest BCUT2D eigenvalue weighted by molar-refractivity contribution is 9.12. The normalized spacial score (nSPS) is 28.1. The van der Waals surface area contributed by atoms with E-state index in [4.69, 9.17) is 9.47 Å². The summed E-state index contributed by atoms with van der Waals surface area (Å²) >= 11 is 7.47. The summed E-state index contributed by atoms with van der Waals surface area (Å²) in [6.07, 6.45) is 3.73. The number of hydrogen-bond donors (Lipinski definition) is 0. The molecule has 2 aromatic rings. The first-order valence-corrected chi connectivity index (χ1v) is 12.1. The molecule has 3 saturated heterocycles. The second-order valence-corrected chi connectivity index (χ2v) is 9.82. The van der Waals surface area contributed by atoms with Crippen molar-refractivity contribution in [3.05, 3.63) is 36.0 Å². The number of carbonyl (C=O) groups is 1. The molecule has 0 radical (unpaired) electrons. The Labute approximate surface area is 188 Å². The predicted molar refractivity (Wildman–Crippen MR) is 121 cm³/mol. The third kappa shape index (κ3) is 4.19. The summed E-state index contributed by atoms with van der Waals surface area (Å²) in [7, 11) is 1.66. The molecule has 2 bridgehead atoms. The highest BCUT2D eigenvalue weighted by atomic mass is 79.9. The lowest BCUT2D eigenvalue weighted by atomic mass is 9.72. The van der Waals surface area contributed by atoms with Crippen LogP contribution in [0.5, 0.6) is 5.75 Å². The molecule has 0 aliphatic carbocycles. The molecule has 0 N–H and O–H groups in total. The predicted octanol–water partition coefficient (Wildman–Crippen LogP) is 4.72. The molecule has 29 heavy (non-hydrogen) atoms. The molecular formula is C22H26Br2N2O3. The molecule has 156 valence electrons. The molecule has 4 heterocycles. The Hall–Kier alpha value is -1.18. The van der Waals surface area contributed by atoms with Crippen LogP contribution in [-0.2, 0) is 9.53 Å². The molecule has 0 spiro atoms. The smallest absolute Gasteiger partial charge is 0.303 e. The van der Waals surface area contributed by atoms with Crippen LogP contribution >= 0.6 is 31.9 Å². The molecular weight excluding hydrogens is 500 g/mol. The van der Waals surface area contributed by atoms with E-state index in [1.807, 2.05) is 24.3 Å². The molecule has 5 nitrogen and oxygen atoms in total. The number of alkyl halides is 2. The molecule has 1 aromatic heterocycles. The number of rotatable bonds is 6. The van der Waals surface area contributed by atoms with Crippen LogP contribution in [0.2, 0.25) is 0 Å². The third-order valence-electron chi connectivity index (χ3n) is 6.39. The van der Waals surface area contributed by atoms with Gasteiger partial charge in [0.25, 0.3) is 0 Å². The highest BCUT2D eigenvalue weighted by Crippen LogP contribution is 2.45. The van der Waals surface area contributed by atoms with Gasteiger partial charge in [-0.05, 0) is 55.5 Å². The van der Waals surface area contributed by atoms with E-state index >= 15 is 0 Å². The molecule has 0 saturated carbocycles. The van der Waals surface area contributed by atoms with E-state index in [9.17, 15) is 4.79 Å². The van der Waals surface area contributed by atoms with Crippen molar-refractivity contribution < 1.29 is 14.3 Å². The Morgan fingerprint density at radius 2 is 2.21 bits per heavy atom. The van der Waals surface area contributed by atoms with Gasteiger partial charge in [-0.3, -0.25) is 14.7 Å². The number of nitrogens with zero attached hydrogens (tertiary/aromatic N) is 2. The van der Waals surface area contributed by atoms with Crippen molar-refractivity contribution in [1.82, 2.24) is 9.88 Å². The van der Waals surface area contributed by atoms with Gasteiger partial charge in [-0.25, -0.2) is 0 Å². The molecule has 3 fully saturated rings. The zero-order chi connectivity index (χ0) is 20.5. The molecule has 6 atom stereocenters. The summed E-state index contributed by atoms with van der Waals surface area (Å²) < 4.78 is 11.4. The number of carbonyl (C=O) groups excluding carboxylic acids is 1. The number of aromatic nitrogens is 1. The Morgan fingerprint density at radius 3 is 2.86 bits per heavy atom. The minimum Gasteiger partial charge on any atom is -0.497 e. The van der Waals surface area contributed by atoms with Crippen LogP contribution < -0.4 is 4.74 Å². The van der Waals surface area contributed by atoms with Gasteiger partial charge in [-0.2, -0.15) is 0 Å². The van der Waals surface area contributed by atoms with Crippen molar-refractivity contribution in [3.8, 4) is 5.75 Å². The van der Waals surface area contributed by atoms with Crippen LogP contribution in [0.15, 0.2) is 30.5 Å². The zero-order valence-electron chi connectivity index (χ0n) is 16.7. The fourth-order valence-corrected chi connectivity index (χ4v) is 6.08. The van der Waals surface area contributed by atoms with Crippen LogP contribution in [-0.4, -0.2) is 52.3 Å². The van der Waals surface area contributed by atoms with E-state index in [0.717, 1.165) is 47.1 Å². The molecule has 2 unspecified atom stereocenters. The fraction of sp³-hybridized carbons (Fsp3) is 0.545. The van der Waals surface area contributed by atoms with Gasteiger partial charge in [-0.1, -0.05) is 31.9 Å². The second kappa shape index (κ2) is 8.90. The van der Waals surface area contributed by atoms with Crippen LogP contribution in [0.4, 0.5) is 0 Å². The standard InChI is InChI=1S/C22H26Br2N2O3/c1-13(27)29-22(16-5-7-25-20-4-3-15(28-2)10-17(16)20)21-9-14-6-8-26(21)12-18(14)19(24)11-23/h3-5,7,10,14,18-19,21-22H,6,8-9,11-12H2,1-2H3/t14-,18-,19?,21-,22+/m0/s1. The Kier molecular flexibility index (Phi) is 6.47. The molecule has 7 heteroatoms. The second-order valence-electron chi connectivity index (χ2n) is 7.99. The topological polar surface area (TPSA) is 51.7 Å². The Morgan fingerprint density at radius 1 is 1.38 bits per heavy atom. The first-order valence-electron chi connectivity index (χ1n) is 10.1. The Balaban J connectivity index is 1.72. The minimum absolute atomic E-state index is 0.181.